The largest absolute Gasteiger partial charge is 0.328 e. The Morgan fingerprint density at radius 1 is 1.53 bits per heavy atom. The maximum atomic E-state index is 11.9. The van der Waals surface area contributed by atoms with E-state index < -0.39 is 0 Å². The van der Waals surface area contributed by atoms with E-state index in [2.05, 4.69) is 12.2 Å². The number of hydrogen-bond donors (Lipinski definition) is 1. The van der Waals surface area contributed by atoms with E-state index in [1.165, 1.54) is 0 Å². The van der Waals surface area contributed by atoms with Gasteiger partial charge in [0.2, 0.25) is 0 Å². The summed E-state index contributed by atoms with van der Waals surface area (Å²) >= 11 is 0. The number of nitrogens with one attached hydrogen (secondary N) is 1. The van der Waals surface area contributed by atoms with Crippen LogP contribution in [0.1, 0.15) is 25.8 Å². The Morgan fingerprint density at radius 3 is 2.87 bits per heavy atom. The SMILES string of the molecule is CNCC(C)Cn1ccn(C2CC2)c1=O. The van der Waals surface area contributed by atoms with Crippen LogP contribution in [-0.2, 0) is 6.54 Å². The lowest BCUT2D eigenvalue weighted by atomic mass is 10.2. The van der Waals surface area contributed by atoms with Crippen molar-refractivity contribution in [2.75, 3.05) is 13.6 Å². The van der Waals surface area contributed by atoms with Crippen molar-refractivity contribution in [3.8, 4) is 0 Å². The molecule has 1 saturated carbocycles. The number of nitrogens with zero attached hydrogens (tertiary/aromatic N) is 2. The first-order valence-corrected chi connectivity index (χ1v) is 5.64. The molecular weight excluding hydrogens is 190 g/mol. The molecule has 1 aromatic heterocycles. The molecule has 0 radical (unpaired) electrons. The Balaban J connectivity index is 2.05. The van der Waals surface area contributed by atoms with Crippen molar-refractivity contribution in [1.29, 1.82) is 0 Å². The van der Waals surface area contributed by atoms with Gasteiger partial charge in [-0.3, -0.25) is 9.13 Å². The first kappa shape index (κ1) is 10.5. The summed E-state index contributed by atoms with van der Waals surface area (Å²) < 4.78 is 3.69. The molecule has 1 unspecified atom stereocenters. The van der Waals surface area contributed by atoms with Gasteiger partial charge in [-0.15, -0.1) is 0 Å². The molecule has 0 aromatic carbocycles. The van der Waals surface area contributed by atoms with Crippen molar-refractivity contribution in [3.63, 3.8) is 0 Å². The van der Waals surface area contributed by atoms with Crippen LogP contribution in [0.3, 0.4) is 0 Å². The molecule has 0 amide bonds. The number of rotatable bonds is 5. The lowest BCUT2D eigenvalue weighted by Crippen LogP contribution is -2.28. The summed E-state index contributed by atoms with van der Waals surface area (Å²) in [6.45, 7) is 3.90. The molecule has 4 heteroatoms. The van der Waals surface area contributed by atoms with Crippen LogP contribution in [0.5, 0.6) is 0 Å². The van der Waals surface area contributed by atoms with Crippen molar-refractivity contribution < 1.29 is 0 Å². The van der Waals surface area contributed by atoms with Gasteiger partial charge >= 0.3 is 5.69 Å². The van der Waals surface area contributed by atoms with Crippen LogP contribution in [0.2, 0.25) is 0 Å². The highest BCUT2D eigenvalue weighted by molar-refractivity contribution is 4.91. The maximum absolute atomic E-state index is 11.9. The minimum absolute atomic E-state index is 0.153. The summed E-state index contributed by atoms with van der Waals surface area (Å²) in [6, 6.07) is 0.485. The number of hydrogen-bond acceptors (Lipinski definition) is 2. The molecule has 15 heavy (non-hydrogen) atoms. The molecule has 4 nitrogen and oxygen atoms in total. The highest BCUT2D eigenvalue weighted by Gasteiger charge is 2.25. The molecule has 0 bridgehead atoms. The standard InChI is InChI=1S/C11H19N3O/c1-9(7-12-2)8-13-5-6-14(11(13)15)10-3-4-10/h5-6,9-10,12H,3-4,7-8H2,1-2H3. The average molecular weight is 209 g/mol. The minimum atomic E-state index is 0.153. The maximum Gasteiger partial charge on any atom is 0.328 e. The highest BCUT2D eigenvalue weighted by Crippen LogP contribution is 2.33. The number of aromatic nitrogens is 2. The predicted molar refractivity (Wildman–Crippen MR) is 60.1 cm³/mol. The Labute approximate surface area is 89.9 Å². The van der Waals surface area contributed by atoms with E-state index in [4.69, 9.17) is 0 Å². The van der Waals surface area contributed by atoms with Gasteiger partial charge in [-0.05, 0) is 32.4 Å². The molecule has 1 fully saturated rings. The molecule has 0 saturated heterocycles. The summed E-state index contributed by atoms with van der Waals surface area (Å²) in [5.74, 6) is 0.489. The number of imidazole rings is 1. The Hall–Kier alpha value is -1.03. The second kappa shape index (κ2) is 4.23. The first-order chi connectivity index (χ1) is 7.22. The van der Waals surface area contributed by atoms with E-state index >= 15 is 0 Å². The van der Waals surface area contributed by atoms with E-state index in [1.807, 2.05) is 28.6 Å². The fraction of sp³-hybridized carbons (Fsp3) is 0.727. The minimum Gasteiger partial charge on any atom is -0.319 e. The van der Waals surface area contributed by atoms with Crippen molar-refractivity contribution >= 4 is 0 Å². The second-order valence-electron chi connectivity index (χ2n) is 4.53. The molecule has 0 spiro atoms. The van der Waals surface area contributed by atoms with Gasteiger partial charge in [0.1, 0.15) is 0 Å². The summed E-state index contributed by atoms with van der Waals surface area (Å²) in [5.41, 5.74) is 0.153. The van der Waals surface area contributed by atoms with Gasteiger partial charge in [0, 0.05) is 25.0 Å². The zero-order valence-corrected chi connectivity index (χ0v) is 9.44. The van der Waals surface area contributed by atoms with Crippen molar-refractivity contribution in [3.05, 3.63) is 22.9 Å². The van der Waals surface area contributed by atoms with Crippen LogP contribution in [0, 0.1) is 5.92 Å². The average Bonchev–Trinajstić information content (AvgIpc) is 2.96. The normalized spacial score (nSPS) is 18.0. The van der Waals surface area contributed by atoms with E-state index in [1.54, 1.807) is 0 Å². The van der Waals surface area contributed by atoms with Gasteiger partial charge in [0.25, 0.3) is 0 Å². The summed E-state index contributed by atoms with van der Waals surface area (Å²) in [6.07, 6.45) is 6.16. The molecule has 1 atom stereocenters. The smallest absolute Gasteiger partial charge is 0.319 e. The zero-order valence-electron chi connectivity index (χ0n) is 9.44. The second-order valence-corrected chi connectivity index (χ2v) is 4.53. The predicted octanol–water partition coefficient (Wildman–Crippen LogP) is 0.840. The van der Waals surface area contributed by atoms with Gasteiger partial charge in [-0.1, -0.05) is 6.92 Å². The first-order valence-electron chi connectivity index (χ1n) is 5.64. The lowest BCUT2D eigenvalue weighted by Gasteiger charge is -2.10. The quantitative estimate of drug-likeness (QED) is 0.780. The monoisotopic (exact) mass is 209 g/mol. The zero-order chi connectivity index (χ0) is 10.8. The van der Waals surface area contributed by atoms with E-state index in [0.717, 1.165) is 25.9 Å². The highest BCUT2D eigenvalue weighted by atomic mass is 16.1. The third-order valence-electron chi connectivity index (χ3n) is 2.88. The Bertz CT molecular complexity index is 375. The molecule has 1 aromatic rings. The van der Waals surface area contributed by atoms with Crippen LogP contribution in [0.4, 0.5) is 0 Å². The van der Waals surface area contributed by atoms with Crippen molar-refractivity contribution in [1.82, 2.24) is 14.5 Å². The van der Waals surface area contributed by atoms with Gasteiger partial charge in [-0.25, -0.2) is 4.79 Å². The molecule has 2 rings (SSSR count). The molecule has 84 valence electrons. The van der Waals surface area contributed by atoms with Gasteiger partial charge in [0.15, 0.2) is 0 Å². The van der Waals surface area contributed by atoms with Crippen molar-refractivity contribution in [2.45, 2.75) is 32.4 Å². The Morgan fingerprint density at radius 2 is 2.27 bits per heavy atom. The van der Waals surface area contributed by atoms with Gasteiger partial charge < -0.3 is 5.32 Å². The fourth-order valence-corrected chi connectivity index (χ4v) is 1.95. The molecule has 1 aliphatic rings. The summed E-state index contributed by atoms with van der Waals surface area (Å²) in [7, 11) is 1.94. The molecule has 1 heterocycles. The van der Waals surface area contributed by atoms with Crippen molar-refractivity contribution in [2.24, 2.45) is 5.92 Å². The van der Waals surface area contributed by atoms with Crippen LogP contribution >= 0.6 is 0 Å². The third-order valence-corrected chi connectivity index (χ3v) is 2.88. The molecular formula is C11H19N3O. The van der Waals surface area contributed by atoms with Crippen LogP contribution in [-0.4, -0.2) is 22.7 Å². The summed E-state index contributed by atoms with van der Waals surface area (Å²) in [4.78, 5) is 11.9. The molecule has 0 aliphatic heterocycles. The van der Waals surface area contributed by atoms with Gasteiger partial charge in [0.05, 0.1) is 0 Å². The lowest BCUT2D eigenvalue weighted by molar-refractivity contribution is 0.449. The molecule has 1 N–H and O–H groups in total. The summed E-state index contributed by atoms with van der Waals surface area (Å²) in [5, 5.41) is 3.13. The molecule has 1 aliphatic carbocycles. The van der Waals surface area contributed by atoms with Gasteiger partial charge in [-0.2, -0.15) is 0 Å². The fourth-order valence-electron chi connectivity index (χ4n) is 1.95. The topological polar surface area (TPSA) is 39.0 Å². The Kier molecular flexibility index (Phi) is 2.95. The third kappa shape index (κ3) is 2.31. The van der Waals surface area contributed by atoms with E-state index in [0.29, 0.717) is 12.0 Å². The van der Waals surface area contributed by atoms with Crippen LogP contribution in [0.15, 0.2) is 17.2 Å². The van der Waals surface area contributed by atoms with Crippen LogP contribution in [0.25, 0.3) is 0 Å². The van der Waals surface area contributed by atoms with Crippen LogP contribution < -0.4 is 11.0 Å². The van der Waals surface area contributed by atoms with E-state index in [9.17, 15) is 4.79 Å². The van der Waals surface area contributed by atoms with E-state index in [-0.39, 0.29) is 5.69 Å².